The van der Waals surface area contributed by atoms with Gasteiger partial charge in [0, 0.05) is 0 Å². The van der Waals surface area contributed by atoms with E-state index in [2.05, 4.69) is 10.6 Å². The van der Waals surface area contributed by atoms with Gasteiger partial charge in [-0.05, 0) is 37.0 Å². The quantitative estimate of drug-likeness (QED) is 0.717. The van der Waals surface area contributed by atoms with Crippen molar-refractivity contribution in [3.05, 3.63) is 23.8 Å². The molecule has 0 spiro atoms. The zero-order valence-corrected chi connectivity index (χ0v) is 14.4. The lowest BCUT2D eigenvalue weighted by Crippen LogP contribution is -2.42. The number of anilines is 1. The van der Waals surface area contributed by atoms with E-state index in [-0.39, 0.29) is 18.4 Å². The predicted molar refractivity (Wildman–Crippen MR) is 89.6 cm³/mol. The molecule has 0 heterocycles. The fraction of sp³-hybridized carbons (Fsp3) is 0.529. The molecule has 1 amide bonds. The van der Waals surface area contributed by atoms with Crippen LogP contribution in [0.25, 0.3) is 0 Å². The summed E-state index contributed by atoms with van der Waals surface area (Å²) in [6.45, 7) is 5.97. The van der Waals surface area contributed by atoms with Crippen LogP contribution in [0.5, 0.6) is 5.75 Å². The number of esters is 1. The summed E-state index contributed by atoms with van der Waals surface area (Å²) in [4.78, 5) is 23.8. The van der Waals surface area contributed by atoms with E-state index in [4.69, 9.17) is 9.47 Å². The molecule has 0 aliphatic rings. The molecule has 128 valence electrons. The smallest absolute Gasteiger partial charge is 0.322 e. The molecule has 1 aromatic rings. The Bertz CT molecular complexity index is 543. The lowest BCUT2D eigenvalue weighted by atomic mass is 10.0. The van der Waals surface area contributed by atoms with Crippen molar-refractivity contribution < 1.29 is 19.1 Å². The Kier molecular flexibility index (Phi) is 7.54. The minimum Gasteiger partial charge on any atom is -0.495 e. The highest BCUT2D eigenvalue weighted by Crippen LogP contribution is 2.24. The largest absolute Gasteiger partial charge is 0.495 e. The summed E-state index contributed by atoms with van der Waals surface area (Å²) in [6, 6.07) is 5.05. The second-order valence-electron chi connectivity index (χ2n) is 5.84. The molecule has 0 saturated heterocycles. The lowest BCUT2D eigenvalue weighted by Gasteiger charge is -2.18. The van der Waals surface area contributed by atoms with Crippen LogP contribution >= 0.6 is 0 Å². The van der Waals surface area contributed by atoms with Crippen molar-refractivity contribution in [3.8, 4) is 5.75 Å². The van der Waals surface area contributed by atoms with Gasteiger partial charge in [-0.1, -0.05) is 19.9 Å². The summed E-state index contributed by atoms with van der Waals surface area (Å²) in [6.07, 6.45) is 0.605. The third kappa shape index (κ3) is 6.28. The molecule has 0 unspecified atom stereocenters. The van der Waals surface area contributed by atoms with Gasteiger partial charge >= 0.3 is 5.97 Å². The van der Waals surface area contributed by atoms with Crippen molar-refractivity contribution in [1.82, 2.24) is 5.32 Å². The fourth-order valence-corrected chi connectivity index (χ4v) is 2.21. The van der Waals surface area contributed by atoms with E-state index >= 15 is 0 Å². The Hall–Kier alpha value is -2.08. The van der Waals surface area contributed by atoms with Crippen molar-refractivity contribution in [2.24, 2.45) is 5.92 Å². The minimum absolute atomic E-state index is 0.0174. The maximum Gasteiger partial charge on any atom is 0.322 e. The molecule has 1 atom stereocenters. The Morgan fingerprint density at radius 3 is 2.48 bits per heavy atom. The molecule has 6 heteroatoms. The molecular formula is C17H26N2O4. The average Bonchev–Trinajstić information content (AvgIpc) is 2.50. The van der Waals surface area contributed by atoms with Gasteiger partial charge in [-0.2, -0.15) is 0 Å². The van der Waals surface area contributed by atoms with Crippen LogP contribution in [0.3, 0.4) is 0 Å². The maximum absolute atomic E-state index is 12.1. The first-order valence-corrected chi connectivity index (χ1v) is 7.63. The van der Waals surface area contributed by atoms with Gasteiger partial charge in [0.15, 0.2) is 0 Å². The molecule has 0 saturated carbocycles. The molecule has 0 aromatic heterocycles. The number of ether oxygens (including phenoxy) is 2. The highest BCUT2D eigenvalue weighted by atomic mass is 16.5. The first-order chi connectivity index (χ1) is 10.9. The summed E-state index contributed by atoms with van der Waals surface area (Å²) < 4.78 is 9.99. The fourth-order valence-electron chi connectivity index (χ4n) is 2.21. The van der Waals surface area contributed by atoms with E-state index in [9.17, 15) is 9.59 Å². The van der Waals surface area contributed by atoms with Crippen LogP contribution in [0.15, 0.2) is 18.2 Å². The second kappa shape index (κ2) is 9.15. The molecule has 0 radical (unpaired) electrons. The van der Waals surface area contributed by atoms with E-state index in [0.29, 0.717) is 23.8 Å². The van der Waals surface area contributed by atoms with Crippen molar-refractivity contribution >= 4 is 17.6 Å². The number of carbonyl (C=O) groups is 2. The second-order valence-corrected chi connectivity index (χ2v) is 5.84. The number of hydrogen-bond donors (Lipinski definition) is 2. The van der Waals surface area contributed by atoms with Gasteiger partial charge in [0.05, 0.1) is 26.5 Å². The SMILES string of the molecule is COC(=O)[C@@H](CC(C)C)NCC(=O)Nc1cc(C)ccc1OC. The average molecular weight is 322 g/mol. The van der Waals surface area contributed by atoms with Gasteiger partial charge in [0.25, 0.3) is 0 Å². The topological polar surface area (TPSA) is 76.7 Å². The van der Waals surface area contributed by atoms with E-state index in [1.165, 1.54) is 7.11 Å². The van der Waals surface area contributed by atoms with Crippen LogP contribution in [-0.4, -0.2) is 38.7 Å². The zero-order chi connectivity index (χ0) is 17.4. The van der Waals surface area contributed by atoms with Crippen molar-refractivity contribution in [2.75, 3.05) is 26.1 Å². The first kappa shape index (κ1) is 19.0. The van der Waals surface area contributed by atoms with Gasteiger partial charge in [0.1, 0.15) is 11.8 Å². The van der Waals surface area contributed by atoms with Gasteiger partial charge in [-0.25, -0.2) is 0 Å². The lowest BCUT2D eigenvalue weighted by molar-refractivity contribution is -0.143. The molecule has 23 heavy (non-hydrogen) atoms. The number of nitrogens with one attached hydrogen (secondary N) is 2. The number of benzene rings is 1. The van der Waals surface area contributed by atoms with Gasteiger partial charge in [-0.3, -0.25) is 14.9 Å². The molecule has 1 aromatic carbocycles. The predicted octanol–water partition coefficient (Wildman–Crippen LogP) is 2.12. The molecule has 2 N–H and O–H groups in total. The molecule has 1 rings (SSSR count). The van der Waals surface area contributed by atoms with Crippen molar-refractivity contribution in [1.29, 1.82) is 0 Å². The summed E-state index contributed by atoms with van der Waals surface area (Å²) in [7, 11) is 2.89. The third-order valence-electron chi connectivity index (χ3n) is 3.33. The highest BCUT2D eigenvalue weighted by molar-refractivity contribution is 5.94. The maximum atomic E-state index is 12.1. The standard InChI is InChI=1S/C17H26N2O4/c1-11(2)8-14(17(21)23-5)18-10-16(20)19-13-9-12(3)6-7-15(13)22-4/h6-7,9,11,14,18H,8,10H2,1-5H3,(H,19,20)/t14-/m1/s1. The number of hydrogen-bond acceptors (Lipinski definition) is 5. The van der Waals surface area contributed by atoms with Crippen molar-refractivity contribution in [2.45, 2.75) is 33.2 Å². The Morgan fingerprint density at radius 1 is 1.22 bits per heavy atom. The van der Waals surface area contributed by atoms with Gasteiger partial charge < -0.3 is 14.8 Å². The minimum atomic E-state index is -0.495. The molecule has 0 bridgehead atoms. The monoisotopic (exact) mass is 322 g/mol. The van der Waals surface area contributed by atoms with Crippen LogP contribution in [-0.2, 0) is 14.3 Å². The van der Waals surface area contributed by atoms with Crippen LogP contribution < -0.4 is 15.4 Å². The Morgan fingerprint density at radius 2 is 1.91 bits per heavy atom. The normalized spacial score (nSPS) is 11.9. The van der Waals surface area contributed by atoms with E-state index in [0.717, 1.165) is 5.56 Å². The van der Waals surface area contributed by atoms with Crippen LogP contribution in [0, 0.1) is 12.8 Å². The summed E-state index contributed by atoms with van der Waals surface area (Å²) in [5.74, 6) is 0.299. The Labute approximate surface area is 137 Å². The molecule has 0 fully saturated rings. The van der Waals surface area contributed by atoms with Crippen LogP contribution in [0.4, 0.5) is 5.69 Å². The number of methoxy groups -OCH3 is 2. The summed E-state index contributed by atoms with van der Waals surface area (Å²) in [5, 5.41) is 5.74. The zero-order valence-electron chi connectivity index (χ0n) is 14.4. The number of aryl methyl sites for hydroxylation is 1. The molecule has 6 nitrogen and oxygen atoms in total. The van der Waals surface area contributed by atoms with E-state index in [1.54, 1.807) is 13.2 Å². The number of amides is 1. The highest BCUT2D eigenvalue weighted by Gasteiger charge is 2.21. The van der Waals surface area contributed by atoms with E-state index in [1.807, 2.05) is 32.9 Å². The Balaban J connectivity index is 2.65. The molecular weight excluding hydrogens is 296 g/mol. The molecule has 0 aliphatic heterocycles. The first-order valence-electron chi connectivity index (χ1n) is 7.63. The van der Waals surface area contributed by atoms with Gasteiger partial charge in [0.2, 0.25) is 5.91 Å². The van der Waals surface area contributed by atoms with Gasteiger partial charge in [-0.15, -0.1) is 0 Å². The van der Waals surface area contributed by atoms with Crippen molar-refractivity contribution in [3.63, 3.8) is 0 Å². The van der Waals surface area contributed by atoms with Crippen LogP contribution in [0.2, 0.25) is 0 Å². The number of rotatable bonds is 8. The summed E-state index contributed by atoms with van der Waals surface area (Å²) in [5.41, 5.74) is 1.62. The van der Waals surface area contributed by atoms with Crippen LogP contribution in [0.1, 0.15) is 25.8 Å². The number of carbonyl (C=O) groups excluding carboxylic acids is 2. The third-order valence-corrected chi connectivity index (χ3v) is 3.33. The molecule has 0 aliphatic carbocycles. The van der Waals surface area contributed by atoms with E-state index < -0.39 is 6.04 Å². The summed E-state index contributed by atoms with van der Waals surface area (Å²) >= 11 is 0.